The normalized spacial score (nSPS) is 11.0. The molecule has 112 valence electrons. The average molecular weight is 300 g/mol. The molecule has 0 atom stereocenters. The highest BCUT2D eigenvalue weighted by Crippen LogP contribution is 2.26. The Morgan fingerprint density at radius 1 is 1.09 bits per heavy atom. The molecular formula is C19H16N4. The number of pyridine rings is 1. The Bertz CT molecular complexity index is 972. The van der Waals surface area contributed by atoms with Crippen molar-refractivity contribution in [1.82, 2.24) is 19.9 Å². The van der Waals surface area contributed by atoms with E-state index in [0.29, 0.717) is 0 Å². The van der Waals surface area contributed by atoms with Crippen molar-refractivity contribution in [3.05, 3.63) is 78.1 Å². The molecule has 0 radical (unpaired) electrons. The zero-order valence-corrected chi connectivity index (χ0v) is 12.8. The number of nitrogens with one attached hydrogen (secondary N) is 1. The SMILES string of the molecule is Cc1cccc(Cc2nccc(-c3c[nH]c4ccncc34)n2)c1. The van der Waals surface area contributed by atoms with Crippen LogP contribution in [0.3, 0.4) is 0 Å². The first-order chi connectivity index (χ1) is 11.3. The molecule has 0 unspecified atom stereocenters. The van der Waals surface area contributed by atoms with Crippen LogP contribution in [0.15, 0.2) is 61.2 Å². The highest BCUT2D eigenvalue weighted by molar-refractivity contribution is 5.93. The number of H-pyrrole nitrogens is 1. The van der Waals surface area contributed by atoms with Crippen molar-refractivity contribution in [2.45, 2.75) is 13.3 Å². The van der Waals surface area contributed by atoms with E-state index in [1.807, 2.05) is 30.7 Å². The summed E-state index contributed by atoms with van der Waals surface area (Å²) in [7, 11) is 0. The Morgan fingerprint density at radius 3 is 2.96 bits per heavy atom. The van der Waals surface area contributed by atoms with E-state index in [0.717, 1.165) is 34.4 Å². The smallest absolute Gasteiger partial charge is 0.133 e. The molecule has 3 aromatic heterocycles. The predicted octanol–water partition coefficient (Wildman–Crippen LogP) is 3.92. The molecule has 4 heteroatoms. The number of aromatic amines is 1. The number of aromatic nitrogens is 4. The molecule has 23 heavy (non-hydrogen) atoms. The fourth-order valence-electron chi connectivity index (χ4n) is 2.81. The van der Waals surface area contributed by atoms with E-state index in [-0.39, 0.29) is 0 Å². The lowest BCUT2D eigenvalue weighted by Gasteiger charge is -2.04. The minimum absolute atomic E-state index is 0.732. The Kier molecular flexibility index (Phi) is 3.35. The number of aryl methyl sites for hydroxylation is 1. The standard InChI is InChI=1S/C19H16N4/c1-13-3-2-4-14(9-13)10-19-21-8-6-18(23-19)16-12-22-17-5-7-20-11-15(16)17/h2-9,11-12,22H,10H2,1H3. The van der Waals surface area contributed by atoms with Crippen LogP contribution in [0.4, 0.5) is 0 Å². The third-order valence-electron chi connectivity index (χ3n) is 3.91. The number of rotatable bonds is 3. The van der Waals surface area contributed by atoms with Gasteiger partial charge in [0.25, 0.3) is 0 Å². The van der Waals surface area contributed by atoms with Gasteiger partial charge in [-0.1, -0.05) is 29.8 Å². The van der Waals surface area contributed by atoms with E-state index in [2.05, 4.69) is 46.1 Å². The molecule has 4 nitrogen and oxygen atoms in total. The Hall–Kier alpha value is -3.01. The molecule has 3 heterocycles. The van der Waals surface area contributed by atoms with E-state index in [9.17, 15) is 0 Å². The lowest BCUT2D eigenvalue weighted by Crippen LogP contribution is -1.97. The molecule has 4 aromatic rings. The maximum atomic E-state index is 4.73. The van der Waals surface area contributed by atoms with Gasteiger partial charge in [-0.05, 0) is 24.6 Å². The minimum atomic E-state index is 0.732. The van der Waals surface area contributed by atoms with Gasteiger partial charge in [-0.15, -0.1) is 0 Å². The summed E-state index contributed by atoms with van der Waals surface area (Å²) in [6.07, 6.45) is 8.18. The molecule has 0 bridgehead atoms. The molecule has 0 fully saturated rings. The number of hydrogen-bond donors (Lipinski definition) is 1. The van der Waals surface area contributed by atoms with Crippen LogP contribution in [0, 0.1) is 6.92 Å². The minimum Gasteiger partial charge on any atom is -0.360 e. The molecule has 0 saturated heterocycles. The van der Waals surface area contributed by atoms with Crippen molar-refractivity contribution in [3.8, 4) is 11.3 Å². The van der Waals surface area contributed by atoms with Gasteiger partial charge < -0.3 is 4.98 Å². The zero-order chi connectivity index (χ0) is 15.6. The zero-order valence-electron chi connectivity index (χ0n) is 12.8. The van der Waals surface area contributed by atoms with Crippen LogP contribution < -0.4 is 0 Å². The molecule has 0 amide bonds. The van der Waals surface area contributed by atoms with Crippen LogP contribution in [-0.4, -0.2) is 19.9 Å². The molecule has 0 aliphatic carbocycles. The number of benzene rings is 1. The van der Waals surface area contributed by atoms with Crippen LogP contribution in [0.25, 0.3) is 22.2 Å². The highest BCUT2D eigenvalue weighted by Gasteiger charge is 2.09. The van der Waals surface area contributed by atoms with Crippen LogP contribution in [0.5, 0.6) is 0 Å². The molecular weight excluding hydrogens is 284 g/mol. The van der Waals surface area contributed by atoms with Crippen molar-refractivity contribution in [1.29, 1.82) is 0 Å². The monoisotopic (exact) mass is 300 g/mol. The molecule has 0 spiro atoms. The van der Waals surface area contributed by atoms with Crippen molar-refractivity contribution in [2.75, 3.05) is 0 Å². The fourth-order valence-corrected chi connectivity index (χ4v) is 2.81. The Balaban J connectivity index is 1.71. The van der Waals surface area contributed by atoms with Gasteiger partial charge in [-0.3, -0.25) is 4.98 Å². The first kappa shape index (κ1) is 13.6. The van der Waals surface area contributed by atoms with Crippen LogP contribution in [0.2, 0.25) is 0 Å². The van der Waals surface area contributed by atoms with E-state index in [1.165, 1.54) is 11.1 Å². The topological polar surface area (TPSA) is 54.5 Å². The van der Waals surface area contributed by atoms with Gasteiger partial charge in [0.1, 0.15) is 5.82 Å². The van der Waals surface area contributed by atoms with Gasteiger partial charge in [0.2, 0.25) is 0 Å². The third kappa shape index (κ3) is 2.71. The lowest BCUT2D eigenvalue weighted by atomic mass is 10.1. The third-order valence-corrected chi connectivity index (χ3v) is 3.91. The van der Waals surface area contributed by atoms with Gasteiger partial charge in [0.05, 0.1) is 5.69 Å². The summed E-state index contributed by atoms with van der Waals surface area (Å²) in [5, 5.41) is 1.08. The lowest BCUT2D eigenvalue weighted by molar-refractivity contribution is 0.971. The second-order valence-electron chi connectivity index (χ2n) is 5.65. The summed E-state index contributed by atoms with van der Waals surface area (Å²) >= 11 is 0. The van der Waals surface area contributed by atoms with Crippen LogP contribution >= 0.6 is 0 Å². The van der Waals surface area contributed by atoms with Gasteiger partial charge in [-0.2, -0.15) is 0 Å². The molecule has 1 aromatic carbocycles. The van der Waals surface area contributed by atoms with Gasteiger partial charge in [0.15, 0.2) is 0 Å². The van der Waals surface area contributed by atoms with Gasteiger partial charge in [0, 0.05) is 47.7 Å². The maximum absolute atomic E-state index is 4.73. The Labute approximate surface area is 134 Å². The van der Waals surface area contributed by atoms with E-state index in [1.54, 1.807) is 6.20 Å². The van der Waals surface area contributed by atoms with Crippen molar-refractivity contribution < 1.29 is 0 Å². The molecule has 0 aliphatic rings. The van der Waals surface area contributed by atoms with E-state index >= 15 is 0 Å². The Morgan fingerprint density at radius 2 is 2.04 bits per heavy atom. The van der Waals surface area contributed by atoms with Gasteiger partial charge in [-0.25, -0.2) is 9.97 Å². The summed E-state index contributed by atoms with van der Waals surface area (Å²) in [6.45, 7) is 2.10. The highest BCUT2D eigenvalue weighted by atomic mass is 14.9. The average Bonchev–Trinajstić information content (AvgIpc) is 2.99. The molecule has 4 rings (SSSR count). The van der Waals surface area contributed by atoms with Crippen LogP contribution in [-0.2, 0) is 6.42 Å². The number of nitrogens with zero attached hydrogens (tertiary/aromatic N) is 3. The fraction of sp³-hybridized carbons (Fsp3) is 0.105. The largest absolute Gasteiger partial charge is 0.360 e. The molecule has 1 N–H and O–H groups in total. The van der Waals surface area contributed by atoms with Crippen LogP contribution in [0.1, 0.15) is 17.0 Å². The quantitative estimate of drug-likeness (QED) is 0.624. The summed E-state index contributed by atoms with van der Waals surface area (Å²) < 4.78 is 0. The summed E-state index contributed by atoms with van der Waals surface area (Å²) in [5.74, 6) is 0.825. The van der Waals surface area contributed by atoms with Gasteiger partial charge >= 0.3 is 0 Å². The predicted molar refractivity (Wildman–Crippen MR) is 91.1 cm³/mol. The maximum Gasteiger partial charge on any atom is 0.133 e. The first-order valence-corrected chi connectivity index (χ1v) is 7.58. The van der Waals surface area contributed by atoms with Crippen molar-refractivity contribution in [2.24, 2.45) is 0 Å². The number of hydrogen-bond acceptors (Lipinski definition) is 3. The second-order valence-corrected chi connectivity index (χ2v) is 5.65. The summed E-state index contributed by atoms with van der Waals surface area (Å²) in [6, 6.07) is 12.4. The molecule has 0 aliphatic heterocycles. The van der Waals surface area contributed by atoms with E-state index < -0.39 is 0 Å². The first-order valence-electron chi connectivity index (χ1n) is 7.58. The second kappa shape index (κ2) is 5.65. The number of fused-ring (bicyclic) bond motifs is 1. The summed E-state index contributed by atoms with van der Waals surface area (Å²) in [5.41, 5.74) is 5.51. The van der Waals surface area contributed by atoms with E-state index in [4.69, 9.17) is 4.98 Å². The van der Waals surface area contributed by atoms with Crippen molar-refractivity contribution >= 4 is 10.9 Å². The summed E-state index contributed by atoms with van der Waals surface area (Å²) in [4.78, 5) is 16.6. The molecule has 0 saturated carbocycles. The van der Waals surface area contributed by atoms with Crippen molar-refractivity contribution in [3.63, 3.8) is 0 Å².